The van der Waals surface area contributed by atoms with E-state index in [0.29, 0.717) is 0 Å². The molecule has 0 saturated heterocycles. The quantitative estimate of drug-likeness (QED) is 0.127. The SMILES string of the molecule is Cc1ccc(S(=O)(=O)OI(c2ccc(C(C)(C)C)cc2)c2ccc(C(C)(C)C)cc2)cc1.Cc1ccc(S(=O)(=O)OI(c2ccc(C(C)(C)C)cc2)c2ccc(C(C)(C)C)cc2)cc1. The molecule has 0 aliphatic rings. The Bertz CT molecular complexity index is 2380. The van der Waals surface area contributed by atoms with Crippen molar-refractivity contribution in [1.82, 2.24) is 0 Å². The maximum atomic E-state index is 13.2. The summed E-state index contributed by atoms with van der Waals surface area (Å²) in [7, 11) is -7.76. The summed E-state index contributed by atoms with van der Waals surface area (Å²) in [5.41, 5.74) is 6.97. The Labute approximate surface area is 400 Å². The Balaban J connectivity index is 0.000000241. The zero-order valence-corrected chi connectivity index (χ0v) is 45.8. The van der Waals surface area contributed by atoms with E-state index in [1.54, 1.807) is 48.5 Å². The fourth-order valence-electron chi connectivity index (χ4n) is 6.30. The van der Waals surface area contributed by atoms with Crippen molar-refractivity contribution in [3.63, 3.8) is 0 Å². The van der Waals surface area contributed by atoms with E-state index < -0.39 is 60.7 Å². The molecule has 0 heterocycles. The van der Waals surface area contributed by atoms with E-state index in [0.717, 1.165) is 25.4 Å². The summed E-state index contributed by atoms with van der Waals surface area (Å²) in [6.07, 6.45) is 0. The molecule has 64 heavy (non-hydrogen) atoms. The molecule has 0 spiro atoms. The monoisotopic (exact) mass is 1130 g/mol. The molecule has 6 rings (SSSR count). The number of halogens is 2. The third-order valence-corrected chi connectivity index (χ3v) is 25.2. The molecule has 0 aliphatic carbocycles. The number of rotatable bonds is 10. The fraction of sp³-hybridized carbons (Fsp3) is 0.333. The van der Waals surface area contributed by atoms with Gasteiger partial charge in [-0.1, -0.05) is 0 Å². The Kier molecular flexibility index (Phi) is 16.3. The van der Waals surface area contributed by atoms with Gasteiger partial charge in [-0.15, -0.1) is 0 Å². The molecule has 0 radical (unpaired) electrons. The molecule has 0 N–H and O–H groups in total. The van der Waals surface area contributed by atoms with Crippen molar-refractivity contribution in [2.24, 2.45) is 0 Å². The standard InChI is InChI=1S/2C27H33IO3S/c2*1-20-8-18-25(19-9-20)32(29,30)31-28(23-14-10-21(11-15-23)26(2,3)4)24-16-12-22(13-17-24)27(5,6)7/h2*8-19H,1-7H3. The van der Waals surface area contributed by atoms with Crippen molar-refractivity contribution < 1.29 is 21.9 Å². The molecule has 0 unspecified atom stereocenters. The summed E-state index contributed by atoms with van der Waals surface area (Å²) >= 11 is -5.44. The third-order valence-electron chi connectivity index (χ3n) is 10.5. The van der Waals surface area contributed by atoms with Crippen molar-refractivity contribution >= 4 is 60.7 Å². The molecule has 6 nitrogen and oxygen atoms in total. The van der Waals surface area contributed by atoms with Crippen LogP contribution in [0.2, 0.25) is 0 Å². The summed E-state index contributed by atoms with van der Waals surface area (Å²) in [5, 5.41) is 0. The number of benzene rings is 6. The van der Waals surface area contributed by atoms with E-state index in [1.807, 2.05) is 62.4 Å². The molecule has 0 fully saturated rings. The van der Waals surface area contributed by atoms with Gasteiger partial charge in [0.15, 0.2) is 0 Å². The molecule has 344 valence electrons. The summed E-state index contributed by atoms with van der Waals surface area (Å²) in [4.78, 5) is 0.394. The molecule has 10 heteroatoms. The molecule has 0 aliphatic heterocycles. The zero-order valence-electron chi connectivity index (χ0n) is 39.9. The Hall–Kier alpha value is -3.40. The minimum atomic E-state index is -3.88. The minimum absolute atomic E-state index is 0.0285. The summed E-state index contributed by atoms with van der Waals surface area (Å²) in [5.74, 6) is 0. The van der Waals surface area contributed by atoms with Crippen LogP contribution in [-0.2, 0) is 46.9 Å². The van der Waals surface area contributed by atoms with Crippen LogP contribution in [0.25, 0.3) is 0 Å². The van der Waals surface area contributed by atoms with Crippen molar-refractivity contribution in [3.05, 3.63) is 193 Å². The van der Waals surface area contributed by atoms with Crippen molar-refractivity contribution in [2.45, 2.75) is 128 Å². The Morgan fingerprint density at radius 2 is 0.500 bits per heavy atom. The van der Waals surface area contributed by atoms with Gasteiger partial charge in [0.05, 0.1) is 0 Å². The Morgan fingerprint density at radius 3 is 0.672 bits per heavy atom. The van der Waals surface area contributed by atoms with Crippen LogP contribution in [0.3, 0.4) is 0 Å². The van der Waals surface area contributed by atoms with Gasteiger partial charge in [-0.3, -0.25) is 0 Å². The normalized spacial score (nSPS) is 13.2. The maximum absolute atomic E-state index is 13.2. The van der Waals surface area contributed by atoms with Crippen LogP contribution in [0.4, 0.5) is 0 Å². The van der Waals surface area contributed by atoms with Crippen molar-refractivity contribution in [3.8, 4) is 0 Å². The van der Waals surface area contributed by atoms with Gasteiger partial charge in [-0.25, -0.2) is 0 Å². The van der Waals surface area contributed by atoms with Crippen LogP contribution < -0.4 is 0 Å². The second-order valence-electron chi connectivity index (χ2n) is 20.2. The van der Waals surface area contributed by atoms with Crippen molar-refractivity contribution in [2.75, 3.05) is 0 Å². The first-order chi connectivity index (χ1) is 29.5. The summed E-state index contributed by atoms with van der Waals surface area (Å²) in [6.45, 7) is 29.9. The average molecular weight is 1130 g/mol. The van der Waals surface area contributed by atoms with Crippen molar-refractivity contribution in [1.29, 1.82) is 0 Å². The zero-order chi connectivity index (χ0) is 47.5. The van der Waals surface area contributed by atoms with E-state index in [-0.39, 0.29) is 31.5 Å². The van der Waals surface area contributed by atoms with E-state index in [9.17, 15) is 16.8 Å². The fourth-order valence-corrected chi connectivity index (χ4v) is 20.1. The van der Waals surface area contributed by atoms with E-state index in [1.165, 1.54) is 22.3 Å². The van der Waals surface area contributed by atoms with Gasteiger partial charge in [0, 0.05) is 0 Å². The van der Waals surface area contributed by atoms with Gasteiger partial charge in [-0.2, -0.15) is 0 Å². The van der Waals surface area contributed by atoms with Crippen LogP contribution in [0.1, 0.15) is 116 Å². The van der Waals surface area contributed by atoms with Gasteiger partial charge in [-0.05, 0) is 0 Å². The van der Waals surface area contributed by atoms with E-state index >= 15 is 0 Å². The van der Waals surface area contributed by atoms with Gasteiger partial charge in [0.2, 0.25) is 0 Å². The van der Waals surface area contributed by atoms with Gasteiger partial charge in [0.1, 0.15) is 0 Å². The van der Waals surface area contributed by atoms with Crippen LogP contribution in [0.5, 0.6) is 0 Å². The molecule has 0 aromatic heterocycles. The molecule has 6 aromatic carbocycles. The first-order valence-corrected chi connectivity index (χ1v) is 30.3. The Morgan fingerprint density at radius 1 is 0.312 bits per heavy atom. The summed E-state index contributed by atoms with van der Waals surface area (Å²) < 4.78 is 68.5. The molecular formula is C54H66I2O6S2. The number of aryl methyl sites for hydroxylation is 2. The predicted octanol–water partition coefficient (Wildman–Crippen LogP) is 14.9. The van der Waals surface area contributed by atoms with Crippen LogP contribution in [0.15, 0.2) is 155 Å². The molecule has 0 bridgehead atoms. The van der Waals surface area contributed by atoms with Gasteiger partial charge < -0.3 is 0 Å². The number of hydrogen-bond acceptors (Lipinski definition) is 6. The average Bonchev–Trinajstić information content (AvgIpc) is 3.21. The summed E-state index contributed by atoms with van der Waals surface area (Å²) in [6, 6.07) is 46.6. The van der Waals surface area contributed by atoms with Gasteiger partial charge in [0.25, 0.3) is 0 Å². The van der Waals surface area contributed by atoms with E-state index in [2.05, 4.69) is 132 Å². The molecule has 0 atom stereocenters. The topological polar surface area (TPSA) is 86.7 Å². The first-order valence-electron chi connectivity index (χ1n) is 21.4. The predicted molar refractivity (Wildman–Crippen MR) is 282 cm³/mol. The van der Waals surface area contributed by atoms with Crippen LogP contribution >= 0.6 is 40.5 Å². The second kappa shape index (κ2) is 20.2. The number of hydrogen-bond donors (Lipinski definition) is 0. The second-order valence-corrected chi connectivity index (χ2v) is 33.2. The van der Waals surface area contributed by atoms with Crippen LogP contribution in [-0.4, -0.2) is 16.8 Å². The third kappa shape index (κ3) is 13.8. The molecule has 0 saturated carbocycles. The van der Waals surface area contributed by atoms with Gasteiger partial charge >= 0.3 is 404 Å². The first kappa shape index (κ1) is 51.6. The molecular weight excluding hydrogens is 1060 g/mol. The molecule has 0 amide bonds. The van der Waals surface area contributed by atoms with Crippen LogP contribution in [0, 0.1) is 28.1 Å². The molecule has 6 aromatic rings. The van der Waals surface area contributed by atoms with E-state index in [4.69, 9.17) is 5.03 Å².